The molecule has 0 unspecified atom stereocenters. The fraction of sp³-hybridized carbons (Fsp3) is 0.125. The number of carbonyl (C=O) groups excluding carboxylic acids is 1. The van der Waals surface area contributed by atoms with Crippen LogP contribution in [-0.4, -0.2) is 25.8 Å². The Balaban J connectivity index is 1.61. The van der Waals surface area contributed by atoms with Crippen molar-refractivity contribution in [2.75, 3.05) is 4.90 Å². The molecule has 0 saturated carbocycles. The average Bonchev–Trinajstić information content (AvgIpc) is 3.21. The first-order chi connectivity index (χ1) is 15.1. The lowest BCUT2D eigenvalue weighted by Gasteiger charge is -2.19. The summed E-state index contributed by atoms with van der Waals surface area (Å²) in [5.41, 5.74) is 5.98. The van der Waals surface area contributed by atoms with E-state index in [1.165, 1.54) is 11.3 Å². The van der Waals surface area contributed by atoms with Gasteiger partial charge in [0.25, 0.3) is 5.91 Å². The van der Waals surface area contributed by atoms with Crippen molar-refractivity contribution in [3.05, 3.63) is 89.5 Å². The predicted octanol–water partition coefficient (Wildman–Crippen LogP) is 5.10. The van der Waals surface area contributed by atoms with E-state index in [1.54, 1.807) is 35.6 Å². The first-order valence-corrected chi connectivity index (χ1v) is 10.7. The summed E-state index contributed by atoms with van der Waals surface area (Å²) >= 11 is 1.52. The van der Waals surface area contributed by atoms with Crippen LogP contribution in [0.2, 0.25) is 0 Å². The van der Waals surface area contributed by atoms with E-state index in [4.69, 9.17) is 4.98 Å². The fourth-order valence-electron chi connectivity index (χ4n) is 3.61. The number of benzene rings is 2. The predicted molar refractivity (Wildman–Crippen MR) is 123 cm³/mol. The van der Waals surface area contributed by atoms with E-state index in [9.17, 15) is 4.79 Å². The third-order valence-electron chi connectivity index (χ3n) is 5.05. The Bertz CT molecular complexity index is 1410. The molecule has 5 aromatic rings. The van der Waals surface area contributed by atoms with Gasteiger partial charge in [0.1, 0.15) is 0 Å². The second-order valence-corrected chi connectivity index (χ2v) is 8.38. The summed E-state index contributed by atoms with van der Waals surface area (Å²) in [4.78, 5) is 33.2. The molecule has 0 spiro atoms. The Morgan fingerprint density at radius 2 is 1.74 bits per heavy atom. The number of nitrogens with zero attached hydrogens (tertiary/aromatic N) is 5. The lowest BCUT2D eigenvalue weighted by molar-refractivity contribution is 0.0985. The quantitative estimate of drug-likeness (QED) is 0.401. The van der Waals surface area contributed by atoms with Gasteiger partial charge in [-0.3, -0.25) is 24.6 Å². The first-order valence-electron chi connectivity index (χ1n) is 9.89. The molecule has 1 amide bonds. The molecule has 0 radical (unpaired) electrons. The molecule has 0 saturated heterocycles. The number of pyridine rings is 1. The Morgan fingerprint density at radius 3 is 2.55 bits per heavy atom. The number of fused-ring (bicyclic) bond motifs is 2. The van der Waals surface area contributed by atoms with E-state index in [0.717, 1.165) is 32.6 Å². The molecule has 3 heterocycles. The molecule has 0 aliphatic carbocycles. The van der Waals surface area contributed by atoms with Crippen molar-refractivity contribution in [1.29, 1.82) is 0 Å². The van der Waals surface area contributed by atoms with E-state index < -0.39 is 0 Å². The number of amides is 1. The molecule has 5 rings (SSSR count). The molecule has 31 heavy (non-hydrogen) atoms. The minimum Gasteiger partial charge on any atom is -0.278 e. The number of anilines is 1. The average molecular weight is 426 g/mol. The molecule has 3 aromatic heterocycles. The number of hydrogen-bond donors (Lipinski definition) is 0. The molecule has 0 aliphatic heterocycles. The number of rotatable bonds is 4. The van der Waals surface area contributed by atoms with Crippen LogP contribution in [0.4, 0.5) is 5.13 Å². The topological polar surface area (TPSA) is 71.9 Å². The summed E-state index contributed by atoms with van der Waals surface area (Å²) in [5, 5.41) is 0.651. The zero-order valence-electron chi connectivity index (χ0n) is 17.1. The summed E-state index contributed by atoms with van der Waals surface area (Å²) in [7, 11) is 0. The number of aromatic nitrogens is 4. The van der Waals surface area contributed by atoms with Crippen LogP contribution in [-0.2, 0) is 6.54 Å². The van der Waals surface area contributed by atoms with Gasteiger partial charge >= 0.3 is 0 Å². The molecule has 0 aliphatic rings. The van der Waals surface area contributed by atoms with Crippen molar-refractivity contribution in [2.24, 2.45) is 0 Å². The van der Waals surface area contributed by atoms with Crippen LogP contribution < -0.4 is 4.90 Å². The van der Waals surface area contributed by atoms with Crippen LogP contribution >= 0.6 is 11.3 Å². The largest absolute Gasteiger partial charge is 0.278 e. The van der Waals surface area contributed by atoms with E-state index in [2.05, 4.69) is 40.9 Å². The van der Waals surface area contributed by atoms with Crippen molar-refractivity contribution in [3.8, 4) is 0 Å². The molecular weight excluding hydrogens is 406 g/mol. The summed E-state index contributed by atoms with van der Waals surface area (Å²) in [6, 6.07) is 15.3. The minimum absolute atomic E-state index is 0.147. The van der Waals surface area contributed by atoms with Crippen molar-refractivity contribution in [1.82, 2.24) is 19.9 Å². The highest BCUT2D eigenvalue weighted by molar-refractivity contribution is 7.22. The maximum absolute atomic E-state index is 13.6. The molecule has 0 fully saturated rings. The van der Waals surface area contributed by atoms with Gasteiger partial charge in [0.2, 0.25) is 0 Å². The number of thiazole rings is 1. The van der Waals surface area contributed by atoms with Gasteiger partial charge in [0, 0.05) is 24.2 Å². The molecule has 2 aromatic carbocycles. The van der Waals surface area contributed by atoms with Crippen molar-refractivity contribution < 1.29 is 4.79 Å². The number of hydrogen-bond acceptors (Lipinski definition) is 6. The van der Waals surface area contributed by atoms with Crippen LogP contribution in [0, 0.1) is 13.8 Å². The lowest BCUT2D eigenvalue weighted by atomic mass is 10.1. The lowest BCUT2D eigenvalue weighted by Crippen LogP contribution is -2.30. The number of carbonyl (C=O) groups is 1. The fourth-order valence-corrected chi connectivity index (χ4v) is 4.63. The monoisotopic (exact) mass is 425 g/mol. The van der Waals surface area contributed by atoms with E-state index in [1.807, 2.05) is 24.3 Å². The summed E-state index contributed by atoms with van der Waals surface area (Å²) in [5.74, 6) is -0.147. The van der Waals surface area contributed by atoms with Gasteiger partial charge in [-0.1, -0.05) is 23.5 Å². The van der Waals surface area contributed by atoms with E-state index in [0.29, 0.717) is 22.8 Å². The normalized spacial score (nSPS) is 11.2. The maximum Gasteiger partial charge on any atom is 0.260 e. The summed E-state index contributed by atoms with van der Waals surface area (Å²) in [6.07, 6.45) is 5.00. The molecule has 7 heteroatoms. The highest BCUT2D eigenvalue weighted by Crippen LogP contribution is 2.33. The standard InChI is InChI=1S/C24H19N5OS/c1-15-11-16(2)22-21(12-15)28-24(31-22)29(14-18-5-3-4-8-25-18)23(30)17-6-7-19-20(13-17)27-10-9-26-19/h3-13H,14H2,1-2H3. The van der Waals surface area contributed by atoms with Gasteiger partial charge in [0.15, 0.2) is 5.13 Å². The second-order valence-electron chi connectivity index (χ2n) is 7.40. The van der Waals surface area contributed by atoms with Crippen molar-refractivity contribution in [3.63, 3.8) is 0 Å². The Hall–Kier alpha value is -3.71. The molecule has 0 N–H and O–H groups in total. The van der Waals surface area contributed by atoms with Crippen LogP contribution in [0.5, 0.6) is 0 Å². The first kappa shape index (κ1) is 19.3. The van der Waals surface area contributed by atoms with E-state index in [-0.39, 0.29) is 5.91 Å². The zero-order chi connectivity index (χ0) is 21.4. The highest BCUT2D eigenvalue weighted by atomic mass is 32.1. The number of aryl methyl sites for hydroxylation is 2. The van der Waals surface area contributed by atoms with Crippen LogP contribution in [0.3, 0.4) is 0 Å². The smallest absolute Gasteiger partial charge is 0.260 e. The molecule has 0 bridgehead atoms. The highest BCUT2D eigenvalue weighted by Gasteiger charge is 2.23. The Labute approximate surface area is 183 Å². The summed E-state index contributed by atoms with van der Waals surface area (Å²) in [6.45, 7) is 4.46. The molecule has 6 nitrogen and oxygen atoms in total. The van der Waals surface area contributed by atoms with Gasteiger partial charge in [0.05, 0.1) is 33.5 Å². The molecule has 152 valence electrons. The Morgan fingerprint density at radius 1 is 0.903 bits per heavy atom. The van der Waals surface area contributed by atoms with Crippen molar-refractivity contribution in [2.45, 2.75) is 20.4 Å². The van der Waals surface area contributed by atoms with Crippen LogP contribution in [0.15, 0.2) is 67.1 Å². The van der Waals surface area contributed by atoms with Gasteiger partial charge in [-0.05, 0) is 61.4 Å². The van der Waals surface area contributed by atoms with Gasteiger partial charge < -0.3 is 0 Å². The van der Waals surface area contributed by atoms with E-state index >= 15 is 0 Å². The summed E-state index contributed by atoms with van der Waals surface area (Å²) < 4.78 is 1.09. The maximum atomic E-state index is 13.6. The van der Waals surface area contributed by atoms with Crippen molar-refractivity contribution >= 4 is 43.6 Å². The molecular formula is C24H19N5OS. The zero-order valence-corrected chi connectivity index (χ0v) is 17.9. The van der Waals surface area contributed by atoms with Gasteiger partial charge in [-0.2, -0.15) is 0 Å². The van der Waals surface area contributed by atoms with Crippen LogP contribution in [0.1, 0.15) is 27.2 Å². The Kier molecular flexibility index (Phi) is 4.88. The molecule has 0 atom stereocenters. The third-order valence-corrected chi connectivity index (χ3v) is 6.28. The van der Waals surface area contributed by atoms with Gasteiger partial charge in [-0.25, -0.2) is 4.98 Å². The SMILES string of the molecule is Cc1cc(C)c2sc(N(Cc3ccccn3)C(=O)c3ccc4nccnc4c3)nc2c1. The van der Waals surface area contributed by atoms with Gasteiger partial charge in [-0.15, -0.1) is 0 Å². The third kappa shape index (κ3) is 3.75. The van der Waals surface area contributed by atoms with Crippen LogP contribution in [0.25, 0.3) is 21.3 Å². The minimum atomic E-state index is -0.147. The second kappa shape index (κ2) is 7.85.